The van der Waals surface area contributed by atoms with Crippen molar-refractivity contribution in [3.8, 4) is 11.4 Å². The number of aromatic nitrogens is 3. The van der Waals surface area contributed by atoms with Gasteiger partial charge in [0.1, 0.15) is 6.54 Å². The fourth-order valence-corrected chi connectivity index (χ4v) is 3.23. The van der Waals surface area contributed by atoms with Crippen LogP contribution in [0.15, 0.2) is 65.5 Å². The third-order valence-electron chi connectivity index (χ3n) is 4.55. The summed E-state index contributed by atoms with van der Waals surface area (Å²) in [6.45, 7) is 4.97. The van der Waals surface area contributed by atoms with Gasteiger partial charge in [-0.2, -0.15) is 13.2 Å². The first-order valence-electron chi connectivity index (χ1n) is 9.56. The molecule has 32 heavy (non-hydrogen) atoms. The molecule has 10 heteroatoms. The molecule has 168 valence electrons. The predicted molar refractivity (Wildman–Crippen MR) is 115 cm³/mol. The van der Waals surface area contributed by atoms with E-state index < -0.39 is 29.9 Å². The van der Waals surface area contributed by atoms with E-state index in [1.54, 1.807) is 31.2 Å². The molecule has 1 N–H and O–H groups in total. The molecule has 0 aliphatic rings. The maximum absolute atomic E-state index is 13.1. The van der Waals surface area contributed by atoms with E-state index in [0.29, 0.717) is 22.0 Å². The van der Waals surface area contributed by atoms with E-state index in [9.17, 15) is 22.8 Å². The van der Waals surface area contributed by atoms with E-state index in [0.717, 1.165) is 10.7 Å². The number of alkyl halides is 3. The third kappa shape index (κ3) is 5.47. The second kappa shape index (κ2) is 9.44. The number of allylic oxidation sites excluding steroid dienone is 1. The Kier molecular flexibility index (Phi) is 6.88. The van der Waals surface area contributed by atoms with Crippen molar-refractivity contribution < 1.29 is 18.0 Å². The summed E-state index contributed by atoms with van der Waals surface area (Å²) in [4.78, 5) is 25.2. The monoisotopic (exact) mass is 464 g/mol. The average molecular weight is 465 g/mol. The van der Waals surface area contributed by atoms with E-state index in [1.807, 2.05) is 0 Å². The highest BCUT2D eigenvalue weighted by Crippen LogP contribution is 2.31. The van der Waals surface area contributed by atoms with Crippen molar-refractivity contribution in [2.24, 2.45) is 0 Å². The number of nitrogens with zero attached hydrogens (tertiary/aromatic N) is 3. The summed E-state index contributed by atoms with van der Waals surface area (Å²) in [5.41, 5.74) is -0.117. The molecule has 0 radical (unpaired) electrons. The summed E-state index contributed by atoms with van der Waals surface area (Å²) in [5.74, 6) is -0.323. The van der Waals surface area contributed by atoms with Crippen LogP contribution in [0.4, 0.5) is 13.2 Å². The molecule has 2 aromatic carbocycles. The van der Waals surface area contributed by atoms with Crippen LogP contribution in [-0.2, 0) is 30.6 Å². The van der Waals surface area contributed by atoms with Gasteiger partial charge in [0.25, 0.3) is 0 Å². The summed E-state index contributed by atoms with van der Waals surface area (Å²) in [6, 6.07) is 11.7. The molecule has 1 amide bonds. The van der Waals surface area contributed by atoms with Crippen LogP contribution < -0.4 is 11.0 Å². The van der Waals surface area contributed by atoms with Gasteiger partial charge in [0.2, 0.25) is 5.91 Å². The summed E-state index contributed by atoms with van der Waals surface area (Å²) in [6.07, 6.45) is -4.53. The predicted octanol–water partition coefficient (Wildman–Crippen LogP) is 4.28. The highest BCUT2D eigenvalue weighted by Gasteiger charge is 2.32. The van der Waals surface area contributed by atoms with E-state index in [-0.39, 0.29) is 18.7 Å². The molecule has 0 saturated heterocycles. The zero-order chi connectivity index (χ0) is 23.5. The molecule has 6 nitrogen and oxygen atoms in total. The standard InChI is InChI=1S/C22H20ClF3N4O2/c1-14(2)12-29-20(15-7-9-17(23)10-8-15)28-30(21(29)32)13-19(31)27-11-16-5-3-4-6-18(16)22(24,25)26/h3-10H,1,11-13H2,2H3,(H,27,31). The number of carbonyl (C=O) groups is 1. The number of carbonyl (C=O) groups excluding carboxylic acids is 1. The van der Waals surface area contributed by atoms with Crippen molar-refractivity contribution in [2.45, 2.75) is 32.7 Å². The fourth-order valence-electron chi connectivity index (χ4n) is 3.11. The molecule has 1 heterocycles. The van der Waals surface area contributed by atoms with E-state index in [1.165, 1.54) is 22.8 Å². The molecule has 3 aromatic rings. The van der Waals surface area contributed by atoms with Gasteiger partial charge in [0.15, 0.2) is 5.82 Å². The minimum Gasteiger partial charge on any atom is -0.350 e. The fraction of sp³-hybridized carbons (Fsp3) is 0.227. The Morgan fingerprint density at radius 2 is 1.78 bits per heavy atom. The molecular formula is C22H20ClF3N4O2. The van der Waals surface area contributed by atoms with E-state index >= 15 is 0 Å². The first-order valence-corrected chi connectivity index (χ1v) is 9.94. The highest BCUT2D eigenvalue weighted by molar-refractivity contribution is 6.30. The van der Waals surface area contributed by atoms with Crippen molar-refractivity contribution in [1.29, 1.82) is 0 Å². The lowest BCUT2D eigenvalue weighted by molar-refractivity contribution is -0.138. The molecule has 0 fully saturated rings. The molecule has 0 aliphatic heterocycles. The topological polar surface area (TPSA) is 68.9 Å². The Morgan fingerprint density at radius 3 is 2.41 bits per heavy atom. The largest absolute Gasteiger partial charge is 0.416 e. The molecule has 0 saturated carbocycles. The van der Waals surface area contributed by atoms with Crippen LogP contribution in [0, 0.1) is 0 Å². The zero-order valence-electron chi connectivity index (χ0n) is 17.1. The summed E-state index contributed by atoms with van der Waals surface area (Å²) in [7, 11) is 0. The molecule has 0 bridgehead atoms. The second-order valence-electron chi connectivity index (χ2n) is 7.25. The maximum Gasteiger partial charge on any atom is 0.416 e. The number of nitrogens with one attached hydrogen (secondary N) is 1. The van der Waals surface area contributed by atoms with Crippen LogP contribution in [-0.4, -0.2) is 20.3 Å². The summed E-state index contributed by atoms with van der Waals surface area (Å²) >= 11 is 5.92. The molecule has 0 spiro atoms. The van der Waals surface area contributed by atoms with E-state index in [2.05, 4.69) is 17.0 Å². The quantitative estimate of drug-likeness (QED) is 0.531. The SMILES string of the molecule is C=C(C)Cn1c(-c2ccc(Cl)cc2)nn(CC(=O)NCc2ccccc2C(F)(F)F)c1=O. The van der Waals surface area contributed by atoms with Crippen LogP contribution >= 0.6 is 11.6 Å². The normalized spacial score (nSPS) is 11.4. The van der Waals surface area contributed by atoms with Gasteiger partial charge in [-0.25, -0.2) is 9.48 Å². The van der Waals surface area contributed by atoms with Crippen LogP contribution in [0.25, 0.3) is 11.4 Å². The third-order valence-corrected chi connectivity index (χ3v) is 4.80. The Hall–Kier alpha value is -3.33. The van der Waals surface area contributed by atoms with Crippen LogP contribution in [0.5, 0.6) is 0 Å². The van der Waals surface area contributed by atoms with Crippen LogP contribution in [0.3, 0.4) is 0 Å². The van der Waals surface area contributed by atoms with Gasteiger partial charge >= 0.3 is 11.9 Å². The van der Waals surface area contributed by atoms with Crippen LogP contribution in [0.1, 0.15) is 18.1 Å². The molecule has 3 rings (SSSR count). The lowest BCUT2D eigenvalue weighted by atomic mass is 10.1. The lowest BCUT2D eigenvalue weighted by Gasteiger charge is -2.13. The zero-order valence-corrected chi connectivity index (χ0v) is 17.9. The molecule has 0 atom stereocenters. The molecule has 0 aliphatic carbocycles. The van der Waals surface area contributed by atoms with Crippen molar-refractivity contribution in [1.82, 2.24) is 19.7 Å². The smallest absolute Gasteiger partial charge is 0.350 e. The number of benzene rings is 2. The first kappa shape index (κ1) is 23.3. The number of hydrogen-bond acceptors (Lipinski definition) is 3. The molecule has 0 unspecified atom stereocenters. The second-order valence-corrected chi connectivity index (χ2v) is 7.68. The molecular weight excluding hydrogens is 445 g/mol. The lowest BCUT2D eigenvalue weighted by Crippen LogP contribution is -2.34. The van der Waals surface area contributed by atoms with E-state index in [4.69, 9.17) is 11.6 Å². The number of halogens is 4. The highest BCUT2D eigenvalue weighted by atomic mass is 35.5. The maximum atomic E-state index is 13.1. The number of rotatable bonds is 7. The van der Waals surface area contributed by atoms with Gasteiger partial charge in [0.05, 0.1) is 5.56 Å². The van der Waals surface area contributed by atoms with Crippen LogP contribution in [0.2, 0.25) is 5.02 Å². The van der Waals surface area contributed by atoms with Gasteiger partial charge in [-0.1, -0.05) is 42.0 Å². The van der Waals surface area contributed by atoms with Gasteiger partial charge in [-0.15, -0.1) is 5.10 Å². The van der Waals surface area contributed by atoms with Crippen molar-refractivity contribution in [2.75, 3.05) is 0 Å². The minimum atomic E-state index is -4.53. The molecule has 1 aromatic heterocycles. The van der Waals surface area contributed by atoms with Gasteiger partial charge < -0.3 is 5.32 Å². The Balaban J connectivity index is 1.82. The Labute approximate surface area is 186 Å². The number of amides is 1. The Bertz CT molecular complexity index is 1200. The first-order chi connectivity index (χ1) is 15.1. The van der Waals surface area contributed by atoms with Crippen molar-refractivity contribution >= 4 is 17.5 Å². The summed E-state index contributed by atoms with van der Waals surface area (Å²) in [5, 5.41) is 7.19. The van der Waals surface area contributed by atoms with Gasteiger partial charge in [-0.05, 0) is 42.8 Å². The Morgan fingerprint density at radius 1 is 1.12 bits per heavy atom. The van der Waals surface area contributed by atoms with Crippen molar-refractivity contribution in [3.63, 3.8) is 0 Å². The van der Waals surface area contributed by atoms with Gasteiger partial charge in [-0.3, -0.25) is 9.36 Å². The minimum absolute atomic E-state index is 0.0737. The average Bonchev–Trinajstić information content (AvgIpc) is 3.01. The number of hydrogen-bond donors (Lipinski definition) is 1. The summed E-state index contributed by atoms with van der Waals surface area (Å²) < 4.78 is 41.7. The van der Waals surface area contributed by atoms with Gasteiger partial charge in [0, 0.05) is 23.7 Å². The van der Waals surface area contributed by atoms with Crippen molar-refractivity contribution in [3.05, 3.63) is 87.3 Å².